The summed E-state index contributed by atoms with van der Waals surface area (Å²) in [5.41, 5.74) is -0.0385. The highest BCUT2D eigenvalue weighted by atomic mass is 16.4. The molecule has 1 aliphatic carbocycles. The molecular weight excluding hydrogens is 246 g/mol. The van der Waals surface area contributed by atoms with Gasteiger partial charge in [0.1, 0.15) is 0 Å². The maximum atomic E-state index is 12.0. The molecule has 110 valence electrons. The van der Waals surface area contributed by atoms with Gasteiger partial charge in [-0.1, -0.05) is 13.8 Å². The first-order chi connectivity index (χ1) is 8.85. The van der Waals surface area contributed by atoms with E-state index in [1.54, 1.807) is 0 Å². The van der Waals surface area contributed by atoms with Crippen molar-refractivity contribution in [2.75, 3.05) is 13.2 Å². The Bertz CT molecular complexity index is 327. The van der Waals surface area contributed by atoms with Crippen molar-refractivity contribution in [3.8, 4) is 0 Å². The van der Waals surface area contributed by atoms with Crippen molar-refractivity contribution in [2.45, 2.75) is 46.0 Å². The van der Waals surface area contributed by atoms with Crippen LogP contribution in [0.4, 0.5) is 0 Å². The van der Waals surface area contributed by atoms with E-state index in [0.717, 1.165) is 12.8 Å². The van der Waals surface area contributed by atoms with Crippen LogP contribution in [0.1, 0.15) is 46.0 Å². The summed E-state index contributed by atoms with van der Waals surface area (Å²) in [4.78, 5) is 22.8. The number of carbonyl (C=O) groups is 2. The average Bonchev–Trinajstić information content (AvgIpc) is 2.83. The van der Waals surface area contributed by atoms with E-state index in [1.165, 1.54) is 0 Å². The number of amides is 1. The number of carboxylic acid groups (broad SMARTS) is 1. The summed E-state index contributed by atoms with van der Waals surface area (Å²) in [5.74, 6) is -1.34. The van der Waals surface area contributed by atoms with Crippen LogP contribution in [-0.2, 0) is 9.59 Å². The van der Waals surface area contributed by atoms with Crippen LogP contribution in [0.25, 0.3) is 0 Å². The first-order valence-corrected chi connectivity index (χ1v) is 6.97. The molecule has 2 unspecified atom stereocenters. The molecule has 0 aromatic heterocycles. The lowest BCUT2D eigenvalue weighted by Crippen LogP contribution is -2.37. The van der Waals surface area contributed by atoms with Crippen LogP contribution >= 0.6 is 0 Å². The van der Waals surface area contributed by atoms with E-state index in [0.29, 0.717) is 25.8 Å². The molecule has 2 atom stereocenters. The van der Waals surface area contributed by atoms with Crippen LogP contribution < -0.4 is 5.32 Å². The molecule has 0 bridgehead atoms. The minimum atomic E-state index is -0.793. The SMILES string of the molecule is CC(C)(CCCO)CNC(=O)C1CCC(C(=O)O)C1. The number of hydrogen-bond donors (Lipinski definition) is 3. The maximum Gasteiger partial charge on any atom is 0.306 e. The van der Waals surface area contributed by atoms with E-state index in [4.69, 9.17) is 10.2 Å². The number of aliphatic hydroxyl groups excluding tert-OH is 1. The quantitative estimate of drug-likeness (QED) is 0.653. The number of nitrogens with one attached hydrogen (secondary N) is 1. The van der Waals surface area contributed by atoms with Gasteiger partial charge in [-0.15, -0.1) is 0 Å². The number of hydrogen-bond acceptors (Lipinski definition) is 3. The zero-order chi connectivity index (χ0) is 14.5. The van der Waals surface area contributed by atoms with Crippen molar-refractivity contribution in [1.29, 1.82) is 0 Å². The highest BCUT2D eigenvalue weighted by Gasteiger charge is 2.34. The predicted octanol–water partition coefficient (Wildman–Crippen LogP) is 1.40. The van der Waals surface area contributed by atoms with Crippen molar-refractivity contribution in [3.05, 3.63) is 0 Å². The second-order valence-electron chi connectivity index (χ2n) is 6.25. The van der Waals surface area contributed by atoms with Crippen LogP contribution in [0.3, 0.4) is 0 Å². The van der Waals surface area contributed by atoms with Crippen LogP contribution in [-0.4, -0.2) is 35.2 Å². The molecule has 1 amide bonds. The van der Waals surface area contributed by atoms with E-state index < -0.39 is 5.97 Å². The Kier molecular flexibility index (Phi) is 5.79. The molecule has 0 radical (unpaired) electrons. The smallest absolute Gasteiger partial charge is 0.306 e. The second-order valence-corrected chi connectivity index (χ2v) is 6.25. The van der Waals surface area contributed by atoms with Crippen LogP contribution in [0, 0.1) is 17.3 Å². The van der Waals surface area contributed by atoms with Gasteiger partial charge in [0.2, 0.25) is 5.91 Å². The molecular formula is C14H25NO4. The molecule has 0 heterocycles. The number of aliphatic hydroxyl groups is 1. The van der Waals surface area contributed by atoms with Crippen molar-refractivity contribution >= 4 is 11.9 Å². The molecule has 1 fully saturated rings. The largest absolute Gasteiger partial charge is 0.481 e. The summed E-state index contributed by atoms with van der Waals surface area (Å²) in [5, 5.41) is 20.7. The summed E-state index contributed by atoms with van der Waals surface area (Å²) in [6.07, 6.45) is 3.30. The summed E-state index contributed by atoms with van der Waals surface area (Å²) in [6.45, 7) is 4.84. The van der Waals surface area contributed by atoms with Crippen molar-refractivity contribution in [3.63, 3.8) is 0 Å². The van der Waals surface area contributed by atoms with Gasteiger partial charge in [0.25, 0.3) is 0 Å². The van der Waals surface area contributed by atoms with Gasteiger partial charge >= 0.3 is 5.97 Å². The first kappa shape index (κ1) is 16.0. The third-order valence-electron chi connectivity index (χ3n) is 3.91. The second kappa shape index (κ2) is 6.89. The minimum absolute atomic E-state index is 0.0270. The molecule has 0 spiro atoms. The molecule has 3 N–H and O–H groups in total. The summed E-state index contributed by atoms with van der Waals surface area (Å²) >= 11 is 0. The Labute approximate surface area is 114 Å². The van der Waals surface area contributed by atoms with E-state index in [9.17, 15) is 9.59 Å². The highest BCUT2D eigenvalue weighted by molar-refractivity contribution is 5.80. The van der Waals surface area contributed by atoms with Crippen molar-refractivity contribution in [2.24, 2.45) is 17.3 Å². The van der Waals surface area contributed by atoms with Gasteiger partial charge < -0.3 is 15.5 Å². The molecule has 0 aromatic carbocycles. The molecule has 19 heavy (non-hydrogen) atoms. The lowest BCUT2D eigenvalue weighted by atomic mass is 9.87. The Morgan fingerprint density at radius 2 is 1.89 bits per heavy atom. The Hall–Kier alpha value is -1.10. The zero-order valence-electron chi connectivity index (χ0n) is 11.8. The third kappa shape index (κ3) is 5.19. The van der Waals surface area contributed by atoms with Gasteiger partial charge in [0, 0.05) is 19.1 Å². The fraction of sp³-hybridized carbons (Fsp3) is 0.857. The van der Waals surface area contributed by atoms with Gasteiger partial charge in [-0.3, -0.25) is 9.59 Å². The molecule has 1 aliphatic rings. The monoisotopic (exact) mass is 271 g/mol. The summed E-state index contributed by atoms with van der Waals surface area (Å²) in [6, 6.07) is 0. The van der Waals surface area contributed by atoms with E-state index >= 15 is 0 Å². The summed E-state index contributed by atoms with van der Waals surface area (Å²) < 4.78 is 0. The number of rotatable bonds is 7. The Morgan fingerprint density at radius 1 is 1.26 bits per heavy atom. The van der Waals surface area contributed by atoms with Crippen molar-refractivity contribution < 1.29 is 19.8 Å². The van der Waals surface area contributed by atoms with Gasteiger partial charge in [-0.25, -0.2) is 0 Å². The number of aliphatic carboxylic acids is 1. The molecule has 0 saturated heterocycles. The molecule has 0 aromatic rings. The average molecular weight is 271 g/mol. The third-order valence-corrected chi connectivity index (χ3v) is 3.91. The normalized spacial score (nSPS) is 23.3. The van der Waals surface area contributed by atoms with E-state index in [-0.39, 0.29) is 29.8 Å². The zero-order valence-corrected chi connectivity index (χ0v) is 11.8. The predicted molar refractivity (Wildman–Crippen MR) is 71.6 cm³/mol. The Balaban J connectivity index is 2.34. The minimum Gasteiger partial charge on any atom is -0.481 e. The summed E-state index contributed by atoms with van der Waals surface area (Å²) in [7, 11) is 0. The van der Waals surface area contributed by atoms with Gasteiger partial charge in [-0.2, -0.15) is 0 Å². The molecule has 5 nitrogen and oxygen atoms in total. The Morgan fingerprint density at radius 3 is 2.42 bits per heavy atom. The number of carbonyl (C=O) groups excluding carboxylic acids is 1. The number of carboxylic acids is 1. The van der Waals surface area contributed by atoms with Crippen LogP contribution in [0.2, 0.25) is 0 Å². The van der Waals surface area contributed by atoms with E-state index in [1.807, 2.05) is 0 Å². The standard InChI is InChI=1S/C14H25NO4/c1-14(2,6-3-7-16)9-15-12(17)10-4-5-11(8-10)13(18)19/h10-11,16H,3-9H2,1-2H3,(H,15,17)(H,18,19). The molecule has 5 heteroatoms. The molecule has 1 saturated carbocycles. The maximum absolute atomic E-state index is 12.0. The fourth-order valence-electron chi connectivity index (χ4n) is 2.56. The van der Waals surface area contributed by atoms with E-state index in [2.05, 4.69) is 19.2 Å². The van der Waals surface area contributed by atoms with Gasteiger partial charge in [-0.05, 0) is 37.5 Å². The first-order valence-electron chi connectivity index (χ1n) is 6.97. The van der Waals surface area contributed by atoms with Gasteiger partial charge in [0.15, 0.2) is 0 Å². The molecule has 0 aliphatic heterocycles. The van der Waals surface area contributed by atoms with Crippen LogP contribution in [0.15, 0.2) is 0 Å². The van der Waals surface area contributed by atoms with Crippen molar-refractivity contribution in [1.82, 2.24) is 5.32 Å². The van der Waals surface area contributed by atoms with Gasteiger partial charge in [0.05, 0.1) is 5.92 Å². The lowest BCUT2D eigenvalue weighted by molar-refractivity contribution is -0.141. The lowest BCUT2D eigenvalue weighted by Gasteiger charge is -2.25. The fourth-order valence-corrected chi connectivity index (χ4v) is 2.56. The molecule has 1 rings (SSSR count). The van der Waals surface area contributed by atoms with Crippen LogP contribution in [0.5, 0.6) is 0 Å². The topological polar surface area (TPSA) is 86.6 Å². The highest BCUT2D eigenvalue weighted by Crippen LogP contribution is 2.31.